The minimum absolute atomic E-state index is 0.0233. The number of esters is 1. The number of allylic oxidation sites excluding steroid dienone is 1. The molecule has 0 saturated heterocycles. The maximum absolute atomic E-state index is 14.2. The van der Waals surface area contributed by atoms with Crippen molar-refractivity contribution >= 4 is 50.9 Å². The third-order valence-electron chi connectivity index (χ3n) is 6.56. The lowest BCUT2D eigenvalue weighted by Crippen LogP contribution is -2.39. The van der Waals surface area contributed by atoms with Gasteiger partial charge in [0.05, 0.1) is 32.9 Å². The molecular formula is C31H25BrClFN2O4S. The molecule has 5 rings (SSSR count). The fourth-order valence-electron chi connectivity index (χ4n) is 4.60. The molecule has 0 bridgehead atoms. The van der Waals surface area contributed by atoms with E-state index in [0.29, 0.717) is 47.0 Å². The molecule has 0 fully saturated rings. The fourth-order valence-corrected chi connectivity index (χ4v) is 6.59. The fraction of sp³-hybridized carbons (Fsp3) is 0.194. The predicted molar refractivity (Wildman–Crippen MR) is 161 cm³/mol. The Hall–Kier alpha value is -3.53. The van der Waals surface area contributed by atoms with Crippen LogP contribution in [0.3, 0.4) is 0 Å². The largest absolute Gasteiger partial charge is 0.487 e. The molecule has 0 radical (unpaired) electrons. The monoisotopic (exact) mass is 654 g/mol. The van der Waals surface area contributed by atoms with Gasteiger partial charge in [-0.15, -0.1) is 0 Å². The molecule has 0 unspecified atom stereocenters. The first-order valence-electron chi connectivity index (χ1n) is 12.8. The van der Waals surface area contributed by atoms with Crippen LogP contribution in [0.5, 0.6) is 5.75 Å². The molecule has 1 aliphatic heterocycles. The summed E-state index contributed by atoms with van der Waals surface area (Å²) in [6.45, 7) is 5.62. The second-order valence-electron chi connectivity index (χ2n) is 9.40. The Bertz CT molecular complexity index is 1860. The molecule has 41 heavy (non-hydrogen) atoms. The van der Waals surface area contributed by atoms with E-state index in [4.69, 9.17) is 21.1 Å². The van der Waals surface area contributed by atoms with Crippen LogP contribution in [-0.2, 0) is 16.1 Å². The number of carbonyl (C=O) groups excluding carboxylic acids is 1. The molecule has 0 aliphatic carbocycles. The average Bonchev–Trinajstić information content (AvgIpc) is 3.23. The van der Waals surface area contributed by atoms with E-state index >= 15 is 0 Å². The van der Waals surface area contributed by atoms with Gasteiger partial charge in [0.1, 0.15) is 18.2 Å². The second kappa shape index (κ2) is 12.1. The average molecular weight is 656 g/mol. The van der Waals surface area contributed by atoms with Crippen molar-refractivity contribution in [3.8, 4) is 5.75 Å². The van der Waals surface area contributed by atoms with Crippen molar-refractivity contribution in [1.29, 1.82) is 0 Å². The SMILES string of the molecule is CCOC(=O)C1=C(C)N=c2s/c(=C\c3cc(Cl)cc(Br)c3OCc3ccccc3F)c(=O)n2[C@H]1c1ccc(C)cc1. The summed E-state index contributed by atoms with van der Waals surface area (Å²) in [4.78, 5) is 32.1. The third kappa shape index (κ3) is 5.93. The molecule has 4 aromatic rings. The van der Waals surface area contributed by atoms with Gasteiger partial charge in [0, 0.05) is 16.1 Å². The highest BCUT2D eigenvalue weighted by molar-refractivity contribution is 9.10. The van der Waals surface area contributed by atoms with E-state index in [1.165, 1.54) is 22.0 Å². The van der Waals surface area contributed by atoms with Crippen LogP contribution in [0.2, 0.25) is 5.02 Å². The van der Waals surface area contributed by atoms with Gasteiger partial charge in [0.25, 0.3) is 5.56 Å². The third-order valence-corrected chi connectivity index (χ3v) is 8.35. The van der Waals surface area contributed by atoms with Crippen LogP contribution in [0.25, 0.3) is 6.08 Å². The lowest BCUT2D eigenvalue weighted by Gasteiger charge is -2.24. The van der Waals surface area contributed by atoms with Crippen LogP contribution in [-0.4, -0.2) is 17.1 Å². The molecule has 1 atom stereocenters. The topological polar surface area (TPSA) is 69.9 Å². The van der Waals surface area contributed by atoms with Crippen molar-refractivity contribution in [3.05, 3.63) is 129 Å². The van der Waals surface area contributed by atoms with E-state index < -0.39 is 12.0 Å². The Morgan fingerprint density at radius 3 is 2.61 bits per heavy atom. The van der Waals surface area contributed by atoms with E-state index in [2.05, 4.69) is 20.9 Å². The Balaban J connectivity index is 1.65. The summed E-state index contributed by atoms with van der Waals surface area (Å²) in [5, 5.41) is 0.423. The van der Waals surface area contributed by atoms with Gasteiger partial charge in [0.15, 0.2) is 4.80 Å². The number of thiazole rings is 1. The lowest BCUT2D eigenvalue weighted by atomic mass is 9.95. The van der Waals surface area contributed by atoms with E-state index in [1.54, 1.807) is 50.3 Å². The van der Waals surface area contributed by atoms with Crippen LogP contribution in [0.4, 0.5) is 4.39 Å². The molecule has 0 N–H and O–H groups in total. The first-order valence-corrected chi connectivity index (χ1v) is 14.8. The normalized spacial score (nSPS) is 15.0. The van der Waals surface area contributed by atoms with Crippen molar-refractivity contribution in [3.63, 3.8) is 0 Å². The number of aromatic nitrogens is 1. The van der Waals surface area contributed by atoms with Crippen molar-refractivity contribution in [1.82, 2.24) is 4.57 Å². The zero-order valence-corrected chi connectivity index (χ0v) is 25.6. The summed E-state index contributed by atoms with van der Waals surface area (Å²) in [5.41, 5.74) is 3.20. The minimum Gasteiger partial charge on any atom is -0.487 e. The summed E-state index contributed by atoms with van der Waals surface area (Å²) in [7, 11) is 0. The number of carbonyl (C=O) groups is 1. The van der Waals surface area contributed by atoms with Crippen LogP contribution >= 0.6 is 38.9 Å². The molecular weight excluding hydrogens is 631 g/mol. The van der Waals surface area contributed by atoms with Gasteiger partial charge in [0.2, 0.25) is 0 Å². The summed E-state index contributed by atoms with van der Waals surface area (Å²) in [5.74, 6) is -0.491. The standard InChI is InChI=1S/C31H25BrClFN2O4S/c1-4-39-30(38)26-18(3)35-31-36(27(26)19-11-9-17(2)10-12-19)29(37)25(41-31)14-21-13-22(33)15-23(32)28(21)40-16-20-7-5-6-8-24(20)34/h5-15,27H,4,16H2,1-3H3/b25-14-/t27-/m0/s1. The van der Waals surface area contributed by atoms with E-state index in [9.17, 15) is 14.0 Å². The van der Waals surface area contributed by atoms with Crippen molar-refractivity contribution in [2.75, 3.05) is 6.61 Å². The van der Waals surface area contributed by atoms with Gasteiger partial charge >= 0.3 is 5.97 Å². The van der Waals surface area contributed by atoms with Gasteiger partial charge in [-0.2, -0.15) is 0 Å². The predicted octanol–water partition coefficient (Wildman–Crippen LogP) is 6.24. The Labute approximate surface area is 253 Å². The smallest absolute Gasteiger partial charge is 0.338 e. The van der Waals surface area contributed by atoms with Crippen LogP contribution in [0, 0.1) is 12.7 Å². The molecule has 1 aromatic heterocycles. The molecule has 0 amide bonds. The molecule has 6 nitrogen and oxygen atoms in total. The van der Waals surface area contributed by atoms with Gasteiger partial charge in [-0.25, -0.2) is 14.2 Å². The zero-order valence-electron chi connectivity index (χ0n) is 22.4. The van der Waals surface area contributed by atoms with Gasteiger partial charge in [-0.3, -0.25) is 9.36 Å². The van der Waals surface area contributed by atoms with E-state index in [-0.39, 0.29) is 24.6 Å². The van der Waals surface area contributed by atoms with Crippen LogP contribution < -0.4 is 19.6 Å². The molecule has 2 heterocycles. The number of benzene rings is 3. The Kier molecular flexibility index (Phi) is 8.58. The first kappa shape index (κ1) is 29.0. The number of nitrogens with zero attached hydrogens (tertiary/aromatic N) is 2. The Morgan fingerprint density at radius 2 is 1.90 bits per heavy atom. The first-order chi connectivity index (χ1) is 19.7. The number of ether oxygens (including phenoxy) is 2. The van der Waals surface area contributed by atoms with Crippen LogP contribution in [0.15, 0.2) is 86.2 Å². The summed E-state index contributed by atoms with van der Waals surface area (Å²) in [6, 6.07) is 16.7. The van der Waals surface area contributed by atoms with Gasteiger partial charge < -0.3 is 9.47 Å². The molecule has 0 saturated carbocycles. The second-order valence-corrected chi connectivity index (χ2v) is 11.7. The quantitative estimate of drug-likeness (QED) is 0.221. The highest BCUT2D eigenvalue weighted by Gasteiger charge is 2.33. The maximum Gasteiger partial charge on any atom is 0.338 e. The molecule has 3 aromatic carbocycles. The van der Waals surface area contributed by atoms with Gasteiger partial charge in [-0.05, 0) is 66.5 Å². The van der Waals surface area contributed by atoms with Crippen molar-refractivity contribution in [2.45, 2.75) is 33.4 Å². The zero-order chi connectivity index (χ0) is 29.3. The minimum atomic E-state index is -0.712. The van der Waals surface area contributed by atoms with E-state index in [0.717, 1.165) is 11.1 Å². The van der Waals surface area contributed by atoms with Gasteiger partial charge in [-0.1, -0.05) is 71.0 Å². The summed E-state index contributed by atoms with van der Waals surface area (Å²) in [6.07, 6.45) is 1.67. The summed E-state index contributed by atoms with van der Waals surface area (Å²) >= 11 is 11.1. The molecule has 10 heteroatoms. The van der Waals surface area contributed by atoms with Crippen LogP contribution in [0.1, 0.15) is 42.1 Å². The summed E-state index contributed by atoms with van der Waals surface area (Å²) < 4.78 is 28.1. The number of aryl methyl sites for hydroxylation is 1. The van der Waals surface area contributed by atoms with Crippen molar-refractivity contribution < 1.29 is 18.7 Å². The Morgan fingerprint density at radius 1 is 1.17 bits per heavy atom. The number of halogens is 3. The molecule has 0 spiro atoms. The molecule has 1 aliphatic rings. The number of rotatable bonds is 7. The maximum atomic E-state index is 14.2. The lowest BCUT2D eigenvalue weighted by molar-refractivity contribution is -0.139. The highest BCUT2D eigenvalue weighted by Crippen LogP contribution is 2.34. The number of fused-ring (bicyclic) bond motifs is 1. The van der Waals surface area contributed by atoms with E-state index in [1.807, 2.05) is 31.2 Å². The van der Waals surface area contributed by atoms with Crippen molar-refractivity contribution in [2.24, 2.45) is 4.99 Å². The number of hydrogen-bond donors (Lipinski definition) is 0. The highest BCUT2D eigenvalue weighted by atomic mass is 79.9. The number of hydrogen-bond acceptors (Lipinski definition) is 6. The molecule has 210 valence electrons.